The maximum Gasteiger partial charge on any atom is 0.314 e. The summed E-state index contributed by atoms with van der Waals surface area (Å²) in [5.41, 5.74) is 0. The number of hydrogen-bond acceptors (Lipinski definition) is 6. The third kappa shape index (κ3) is 5.50. The van der Waals surface area contributed by atoms with Crippen LogP contribution < -0.4 is 0 Å². The highest BCUT2D eigenvalue weighted by molar-refractivity contribution is 8.07. The Bertz CT molecular complexity index is 391. The van der Waals surface area contributed by atoms with Crippen molar-refractivity contribution in [2.24, 2.45) is 0 Å². The van der Waals surface area contributed by atoms with Crippen molar-refractivity contribution < 1.29 is 0 Å². The Morgan fingerprint density at radius 1 is 1.18 bits per heavy atom. The summed E-state index contributed by atoms with van der Waals surface area (Å²) in [5.74, 6) is 1.70. The maximum absolute atomic E-state index is 8.54. The van der Waals surface area contributed by atoms with Crippen molar-refractivity contribution in [1.82, 2.24) is 0 Å². The summed E-state index contributed by atoms with van der Waals surface area (Å²) in [7, 11) is 0. The van der Waals surface area contributed by atoms with E-state index in [-0.39, 0.29) is 0 Å². The van der Waals surface area contributed by atoms with Crippen LogP contribution in [0.25, 0.3) is 0 Å². The molecule has 0 amide bonds. The molecule has 0 saturated carbocycles. The minimum Gasteiger partial charge on any atom is -0.198 e. The van der Waals surface area contributed by atoms with Gasteiger partial charge in [0.15, 0.2) is 0 Å². The van der Waals surface area contributed by atoms with Crippen molar-refractivity contribution in [1.29, 1.82) is 10.5 Å². The molecule has 0 spiro atoms. The fraction of sp³-hybridized carbons (Fsp3) is 0.500. The van der Waals surface area contributed by atoms with Gasteiger partial charge in [-0.2, -0.15) is 10.5 Å². The standard InChI is InChI=1S/C10H11N2S5/c1-13-10-16-8(14-6-2-4-11)9(17-10)15-7-3-5-12/h2-3,6-7H2,1H3/q+1. The lowest BCUT2D eigenvalue weighted by Gasteiger charge is -1.92. The first-order valence-corrected chi connectivity index (χ1v) is 9.65. The second-order valence-electron chi connectivity index (χ2n) is 2.75. The van der Waals surface area contributed by atoms with Crippen molar-refractivity contribution in [3.8, 4) is 12.1 Å². The number of nitriles is 2. The van der Waals surface area contributed by atoms with Gasteiger partial charge < -0.3 is 0 Å². The number of thioether (sulfide) groups is 3. The van der Waals surface area contributed by atoms with Crippen LogP contribution in [0, 0.1) is 22.7 Å². The van der Waals surface area contributed by atoms with E-state index in [1.807, 2.05) is 0 Å². The maximum atomic E-state index is 8.54. The summed E-state index contributed by atoms with van der Waals surface area (Å²) < 4.78 is 3.94. The Morgan fingerprint density at radius 2 is 1.82 bits per heavy atom. The fourth-order valence-electron chi connectivity index (χ4n) is 0.894. The van der Waals surface area contributed by atoms with Crippen LogP contribution in [0.1, 0.15) is 12.8 Å². The molecule has 7 heteroatoms. The van der Waals surface area contributed by atoms with Crippen molar-refractivity contribution in [2.45, 2.75) is 24.8 Å². The van der Waals surface area contributed by atoms with Crippen LogP contribution in [0.4, 0.5) is 0 Å². The molecule has 0 aromatic carbocycles. The van der Waals surface area contributed by atoms with Gasteiger partial charge in [0.1, 0.15) is 22.7 Å². The molecule has 0 atom stereocenters. The van der Waals surface area contributed by atoms with E-state index in [0.29, 0.717) is 12.8 Å². The van der Waals surface area contributed by atoms with Gasteiger partial charge in [0.25, 0.3) is 0 Å². The average Bonchev–Trinajstić information content (AvgIpc) is 2.73. The molecule has 0 bridgehead atoms. The second-order valence-corrected chi connectivity index (χ2v) is 9.11. The Labute approximate surface area is 122 Å². The molecule has 0 fully saturated rings. The molecular formula is C10H11N2S5+. The molecule has 0 aliphatic rings. The van der Waals surface area contributed by atoms with E-state index in [1.54, 1.807) is 58.0 Å². The van der Waals surface area contributed by atoms with E-state index in [2.05, 4.69) is 18.4 Å². The van der Waals surface area contributed by atoms with Crippen molar-refractivity contribution in [2.75, 3.05) is 17.8 Å². The number of hydrogen-bond donors (Lipinski definition) is 0. The predicted molar refractivity (Wildman–Crippen MR) is 80.3 cm³/mol. The smallest absolute Gasteiger partial charge is 0.198 e. The zero-order valence-corrected chi connectivity index (χ0v) is 13.3. The van der Waals surface area contributed by atoms with E-state index in [1.165, 1.54) is 11.9 Å². The third-order valence-electron chi connectivity index (χ3n) is 1.58. The first-order chi connectivity index (χ1) is 8.31. The Balaban J connectivity index is 2.62. The summed E-state index contributed by atoms with van der Waals surface area (Å²) in [4.78, 5) is 0. The minimum absolute atomic E-state index is 0.587. The Morgan fingerprint density at radius 3 is 2.41 bits per heavy atom. The first kappa shape index (κ1) is 15.1. The summed E-state index contributed by atoms with van der Waals surface area (Å²) in [6.45, 7) is 0. The van der Waals surface area contributed by atoms with Gasteiger partial charge in [0, 0.05) is 24.3 Å². The van der Waals surface area contributed by atoms with E-state index in [4.69, 9.17) is 10.5 Å². The monoisotopic (exact) mass is 319 g/mol. The van der Waals surface area contributed by atoms with Crippen LogP contribution in [0.5, 0.6) is 0 Å². The van der Waals surface area contributed by atoms with Crippen LogP contribution in [0.15, 0.2) is 11.9 Å². The molecule has 0 aliphatic heterocycles. The van der Waals surface area contributed by atoms with Crippen LogP contribution in [0.3, 0.4) is 0 Å². The molecule has 17 heavy (non-hydrogen) atoms. The SMILES string of the molecule is CSc1sc(SCCC#N)c(SCCC#N)[s+]1. The lowest BCUT2D eigenvalue weighted by Crippen LogP contribution is -1.77. The first-order valence-electron chi connectivity index (χ1n) is 4.82. The lowest BCUT2D eigenvalue weighted by atomic mass is 10.6. The average molecular weight is 320 g/mol. The molecule has 0 radical (unpaired) electrons. The Hall–Kier alpha value is 0.0800. The van der Waals surface area contributed by atoms with Crippen molar-refractivity contribution in [3.63, 3.8) is 0 Å². The lowest BCUT2D eigenvalue weighted by molar-refractivity contribution is 1.23. The topological polar surface area (TPSA) is 47.6 Å². The molecule has 0 unspecified atom stereocenters. The minimum atomic E-state index is 0.587. The molecule has 0 N–H and O–H groups in total. The van der Waals surface area contributed by atoms with E-state index < -0.39 is 0 Å². The van der Waals surface area contributed by atoms with Crippen molar-refractivity contribution in [3.05, 3.63) is 0 Å². The van der Waals surface area contributed by atoms with E-state index >= 15 is 0 Å². The fourth-order valence-corrected chi connectivity index (χ4v) is 7.50. The van der Waals surface area contributed by atoms with Gasteiger partial charge in [-0.15, -0.1) is 0 Å². The molecule has 1 aromatic rings. The van der Waals surface area contributed by atoms with Gasteiger partial charge >= 0.3 is 3.52 Å². The highest BCUT2D eigenvalue weighted by atomic mass is 32.2. The summed E-state index contributed by atoms with van der Waals surface area (Å²) in [6.07, 6.45) is 3.25. The summed E-state index contributed by atoms with van der Waals surface area (Å²) in [6, 6.07) is 4.33. The van der Waals surface area contributed by atoms with E-state index in [0.717, 1.165) is 11.5 Å². The molecule has 1 heterocycles. The molecular weight excluding hydrogens is 308 g/mol. The van der Waals surface area contributed by atoms with Gasteiger partial charge in [-0.3, -0.25) is 0 Å². The van der Waals surface area contributed by atoms with Gasteiger partial charge in [0.05, 0.1) is 12.1 Å². The largest absolute Gasteiger partial charge is 0.314 e. The highest BCUT2D eigenvalue weighted by Gasteiger charge is 2.22. The van der Waals surface area contributed by atoms with Gasteiger partial charge in [0.2, 0.25) is 8.42 Å². The number of nitrogens with zero attached hydrogens (tertiary/aromatic N) is 2. The van der Waals surface area contributed by atoms with Crippen LogP contribution >= 0.6 is 58.0 Å². The molecule has 0 aliphatic carbocycles. The quantitative estimate of drug-likeness (QED) is 0.409. The van der Waals surface area contributed by atoms with Gasteiger partial charge in [-0.1, -0.05) is 35.3 Å². The zero-order chi connectivity index (χ0) is 12.5. The molecule has 2 nitrogen and oxygen atoms in total. The van der Waals surface area contributed by atoms with E-state index in [9.17, 15) is 0 Å². The third-order valence-corrected chi connectivity index (χ3v) is 8.50. The Kier molecular flexibility index (Phi) is 8.08. The molecule has 0 saturated heterocycles. The molecule has 1 aromatic heterocycles. The second kappa shape index (κ2) is 9.07. The highest BCUT2D eigenvalue weighted by Crippen LogP contribution is 2.46. The van der Waals surface area contributed by atoms with Crippen LogP contribution in [-0.2, 0) is 0 Å². The number of rotatable bonds is 7. The zero-order valence-electron chi connectivity index (χ0n) is 9.26. The predicted octanol–water partition coefficient (Wildman–Crippen LogP) is 4.82. The molecule has 90 valence electrons. The molecule has 1 rings (SSSR count). The van der Waals surface area contributed by atoms with Gasteiger partial charge in [-0.05, 0) is 6.26 Å². The van der Waals surface area contributed by atoms with Crippen LogP contribution in [-0.4, -0.2) is 17.8 Å². The van der Waals surface area contributed by atoms with Crippen molar-refractivity contribution >= 4 is 58.0 Å². The normalized spacial score (nSPS) is 9.82. The summed E-state index contributed by atoms with van der Waals surface area (Å²) in [5, 5.41) is 17.1. The van der Waals surface area contributed by atoms with Crippen LogP contribution in [0.2, 0.25) is 0 Å². The summed E-state index contributed by atoms with van der Waals surface area (Å²) >= 11 is 8.87. The van der Waals surface area contributed by atoms with Gasteiger partial charge in [-0.25, -0.2) is 0 Å².